The van der Waals surface area contributed by atoms with Crippen LogP contribution in [-0.4, -0.2) is 9.55 Å². The van der Waals surface area contributed by atoms with Crippen LogP contribution in [0, 0.1) is 16.7 Å². The average Bonchev–Trinajstić information content (AvgIpc) is 2.75. The number of para-hydroxylation sites is 1. The summed E-state index contributed by atoms with van der Waals surface area (Å²) >= 11 is 0. The third-order valence-electron chi connectivity index (χ3n) is 4.53. The Morgan fingerprint density at radius 3 is 2.80 bits per heavy atom. The van der Waals surface area contributed by atoms with Gasteiger partial charge in [-0.2, -0.15) is 5.26 Å². The molecule has 1 heterocycles. The van der Waals surface area contributed by atoms with Crippen LogP contribution in [0.25, 0.3) is 11.0 Å². The molecule has 0 bridgehead atoms. The van der Waals surface area contributed by atoms with E-state index < -0.39 is 0 Å². The summed E-state index contributed by atoms with van der Waals surface area (Å²) in [5, 5.41) is 9.17. The number of nitrogen functional groups attached to an aromatic ring is 1. The Bertz CT molecular complexity index is 672. The molecule has 0 amide bonds. The zero-order chi connectivity index (χ0) is 14.2. The molecule has 0 unspecified atom stereocenters. The van der Waals surface area contributed by atoms with E-state index in [-0.39, 0.29) is 0 Å². The number of imidazole rings is 1. The summed E-state index contributed by atoms with van der Waals surface area (Å²) in [4.78, 5) is 4.40. The van der Waals surface area contributed by atoms with E-state index in [9.17, 15) is 0 Å². The predicted molar refractivity (Wildman–Crippen MR) is 80.1 cm³/mol. The maximum Gasteiger partial charge on any atom is 0.201 e. The van der Waals surface area contributed by atoms with Crippen molar-refractivity contribution in [2.45, 2.75) is 45.6 Å². The first-order chi connectivity index (χ1) is 9.63. The fourth-order valence-corrected chi connectivity index (χ4v) is 3.37. The Hall–Kier alpha value is -2.02. The highest BCUT2D eigenvalue weighted by molar-refractivity contribution is 5.83. The van der Waals surface area contributed by atoms with Gasteiger partial charge in [-0.15, -0.1) is 0 Å². The number of nitrogens with zero attached hydrogens (tertiary/aromatic N) is 3. The van der Waals surface area contributed by atoms with Gasteiger partial charge < -0.3 is 10.3 Å². The van der Waals surface area contributed by atoms with Crippen LogP contribution in [0.1, 0.15) is 44.6 Å². The summed E-state index contributed by atoms with van der Waals surface area (Å²) in [6.07, 6.45) is 6.42. The lowest BCUT2D eigenvalue weighted by Gasteiger charge is -2.34. The fraction of sp³-hybridized carbons (Fsp3) is 0.500. The van der Waals surface area contributed by atoms with Crippen molar-refractivity contribution in [1.29, 1.82) is 5.26 Å². The average molecular weight is 268 g/mol. The molecule has 1 aromatic carbocycles. The van der Waals surface area contributed by atoms with Crippen LogP contribution in [0.4, 0.5) is 5.95 Å². The largest absolute Gasteiger partial charge is 0.369 e. The SMILES string of the molecule is CC1(Cn2c(N)nc3c(C#N)cccc32)CCCCC1. The molecule has 2 aromatic rings. The minimum atomic E-state index is 0.294. The van der Waals surface area contributed by atoms with Crippen LogP contribution in [0.15, 0.2) is 18.2 Å². The van der Waals surface area contributed by atoms with Crippen LogP contribution in [0.5, 0.6) is 0 Å². The number of aromatic nitrogens is 2. The molecule has 4 heteroatoms. The van der Waals surface area contributed by atoms with E-state index in [1.807, 2.05) is 12.1 Å². The minimum Gasteiger partial charge on any atom is -0.369 e. The molecule has 20 heavy (non-hydrogen) atoms. The first-order valence-electron chi connectivity index (χ1n) is 7.28. The number of anilines is 1. The van der Waals surface area contributed by atoms with Crippen molar-refractivity contribution in [3.63, 3.8) is 0 Å². The molecule has 0 saturated heterocycles. The predicted octanol–water partition coefficient (Wildman–Crippen LogP) is 3.46. The number of hydrogen-bond acceptors (Lipinski definition) is 3. The van der Waals surface area contributed by atoms with Crippen molar-refractivity contribution in [1.82, 2.24) is 9.55 Å². The van der Waals surface area contributed by atoms with Gasteiger partial charge >= 0.3 is 0 Å². The Labute approximate surface area is 119 Å². The third-order valence-corrected chi connectivity index (χ3v) is 4.53. The molecule has 1 saturated carbocycles. The number of benzene rings is 1. The Morgan fingerprint density at radius 1 is 1.35 bits per heavy atom. The zero-order valence-electron chi connectivity index (χ0n) is 11.9. The molecule has 0 aliphatic heterocycles. The van der Waals surface area contributed by atoms with Crippen LogP contribution in [0.3, 0.4) is 0 Å². The zero-order valence-corrected chi connectivity index (χ0v) is 11.9. The molecule has 1 aliphatic rings. The number of fused-ring (bicyclic) bond motifs is 1. The molecule has 0 radical (unpaired) electrons. The molecule has 1 aromatic heterocycles. The maximum atomic E-state index is 9.17. The van der Waals surface area contributed by atoms with Crippen molar-refractivity contribution in [3.05, 3.63) is 23.8 Å². The van der Waals surface area contributed by atoms with Gasteiger partial charge in [-0.25, -0.2) is 4.98 Å². The van der Waals surface area contributed by atoms with Gasteiger partial charge in [-0.1, -0.05) is 32.3 Å². The summed E-state index contributed by atoms with van der Waals surface area (Å²) in [6, 6.07) is 7.90. The summed E-state index contributed by atoms with van der Waals surface area (Å²) in [5.41, 5.74) is 8.70. The van der Waals surface area contributed by atoms with E-state index >= 15 is 0 Å². The number of nitriles is 1. The standard InChI is InChI=1S/C16H20N4/c1-16(8-3-2-4-9-16)11-20-13-7-5-6-12(10-17)14(13)19-15(20)18/h5-7H,2-4,8-9,11H2,1H3,(H2,18,19). The monoisotopic (exact) mass is 268 g/mol. The number of nitrogens with two attached hydrogens (primary N) is 1. The fourth-order valence-electron chi connectivity index (χ4n) is 3.37. The number of hydrogen-bond donors (Lipinski definition) is 1. The molecular weight excluding hydrogens is 248 g/mol. The Balaban J connectivity index is 2.03. The van der Waals surface area contributed by atoms with Gasteiger partial charge in [-0.3, -0.25) is 0 Å². The summed E-state index contributed by atoms with van der Waals surface area (Å²) in [5.74, 6) is 0.523. The molecule has 4 nitrogen and oxygen atoms in total. The van der Waals surface area contributed by atoms with E-state index in [2.05, 4.69) is 22.5 Å². The Kier molecular flexibility index (Phi) is 3.13. The van der Waals surface area contributed by atoms with Gasteiger partial charge in [0.05, 0.1) is 11.1 Å². The highest BCUT2D eigenvalue weighted by atomic mass is 15.2. The maximum absolute atomic E-state index is 9.17. The van der Waals surface area contributed by atoms with E-state index in [0.717, 1.165) is 17.6 Å². The van der Waals surface area contributed by atoms with Gasteiger partial charge in [-0.05, 0) is 30.4 Å². The van der Waals surface area contributed by atoms with Gasteiger partial charge in [0.15, 0.2) is 0 Å². The molecular formula is C16H20N4. The molecule has 1 fully saturated rings. The molecule has 0 atom stereocenters. The van der Waals surface area contributed by atoms with Crippen LogP contribution < -0.4 is 5.73 Å². The van der Waals surface area contributed by atoms with Crippen molar-refractivity contribution in [3.8, 4) is 6.07 Å². The van der Waals surface area contributed by atoms with Crippen LogP contribution in [0.2, 0.25) is 0 Å². The smallest absolute Gasteiger partial charge is 0.201 e. The molecule has 1 aliphatic carbocycles. The van der Waals surface area contributed by atoms with E-state index in [4.69, 9.17) is 11.0 Å². The van der Waals surface area contributed by atoms with Gasteiger partial charge in [0.25, 0.3) is 0 Å². The lowest BCUT2D eigenvalue weighted by Crippen LogP contribution is -2.26. The van der Waals surface area contributed by atoms with Crippen molar-refractivity contribution >= 4 is 17.0 Å². The van der Waals surface area contributed by atoms with Crippen molar-refractivity contribution in [2.24, 2.45) is 5.41 Å². The van der Waals surface area contributed by atoms with Crippen LogP contribution >= 0.6 is 0 Å². The molecule has 3 rings (SSSR count). The second-order valence-electron chi connectivity index (χ2n) is 6.21. The van der Waals surface area contributed by atoms with E-state index in [1.54, 1.807) is 6.07 Å². The lowest BCUT2D eigenvalue weighted by molar-refractivity contribution is 0.186. The normalized spacial score (nSPS) is 18.0. The van der Waals surface area contributed by atoms with Gasteiger partial charge in [0, 0.05) is 6.54 Å². The summed E-state index contributed by atoms with van der Waals surface area (Å²) in [6.45, 7) is 3.23. The first kappa shape index (κ1) is 13.0. The first-order valence-corrected chi connectivity index (χ1v) is 7.28. The summed E-state index contributed by atoms with van der Waals surface area (Å²) < 4.78 is 2.08. The van der Waals surface area contributed by atoms with E-state index in [0.29, 0.717) is 16.9 Å². The van der Waals surface area contributed by atoms with Crippen LogP contribution in [-0.2, 0) is 6.54 Å². The number of rotatable bonds is 2. The highest BCUT2D eigenvalue weighted by Gasteiger charge is 2.28. The Morgan fingerprint density at radius 2 is 2.10 bits per heavy atom. The topological polar surface area (TPSA) is 67.6 Å². The van der Waals surface area contributed by atoms with Gasteiger partial charge in [0.2, 0.25) is 5.95 Å². The quantitative estimate of drug-likeness (QED) is 0.906. The molecule has 0 spiro atoms. The second-order valence-corrected chi connectivity index (χ2v) is 6.21. The van der Waals surface area contributed by atoms with E-state index in [1.165, 1.54) is 32.1 Å². The van der Waals surface area contributed by atoms with Crippen molar-refractivity contribution < 1.29 is 0 Å². The molecule has 2 N–H and O–H groups in total. The second kappa shape index (κ2) is 4.82. The van der Waals surface area contributed by atoms with Crippen molar-refractivity contribution in [2.75, 3.05) is 5.73 Å². The highest BCUT2D eigenvalue weighted by Crippen LogP contribution is 2.38. The third kappa shape index (κ3) is 2.14. The lowest BCUT2D eigenvalue weighted by atomic mass is 9.75. The molecule has 104 valence electrons. The van der Waals surface area contributed by atoms with Gasteiger partial charge in [0.1, 0.15) is 11.6 Å². The minimum absolute atomic E-state index is 0.294. The summed E-state index contributed by atoms with van der Waals surface area (Å²) in [7, 11) is 0.